The van der Waals surface area contributed by atoms with Gasteiger partial charge in [-0.15, -0.1) is 0 Å². The van der Waals surface area contributed by atoms with Crippen LogP contribution in [0.1, 0.15) is 29.3 Å². The first-order chi connectivity index (χ1) is 11.7. The zero-order valence-electron chi connectivity index (χ0n) is 13.5. The van der Waals surface area contributed by atoms with Gasteiger partial charge in [-0.3, -0.25) is 4.79 Å². The SMILES string of the molecule is CCCOC(=O)c1ccc(NC(=O)C2Cc3ccccc3O2)cc1. The van der Waals surface area contributed by atoms with Crippen molar-refractivity contribution < 1.29 is 19.1 Å². The fraction of sp³-hybridized carbons (Fsp3) is 0.263. The van der Waals surface area contributed by atoms with Crippen molar-refractivity contribution in [2.45, 2.75) is 25.9 Å². The van der Waals surface area contributed by atoms with E-state index in [1.54, 1.807) is 24.3 Å². The van der Waals surface area contributed by atoms with Crippen LogP contribution in [0.15, 0.2) is 48.5 Å². The highest BCUT2D eigenvalue weighted by molar-refractivity contribution is 5.96. The molecule has 0 saturated heterocycles. The predicted molar refractivity (Wildman–Crippen MR) is 90.2 cm³/mol. The molecule has 1 unspecified atom stereocenters. The summed E-state index contributed by atoms with van der Waals surface area (Å²) in [4.78, 5) is 24.1. The molecule has 1 aliphatic heterocycles. The number of ether oxygens (including phenoxy) is 2. The van der Waals surface area contributed by atoms with Gasteiger partial charge in [0.2, 0.25) is 0 Å². The predicted octanol–water partition coefficient (Wildman–Crippen LogP) is 3.20. The third-order valence-electron chi connectivity index (χ3n) is 3.76. The topological polar surface area (TPSA) is 64.6 Å². The number of fused-ring (bicyclic) bond motifs is 1. The minimum Gasteiger partial charge on any atom is -0.480 e. The van der Waals surface area contributed by atoms with E-state index in [4.69, 9.17) is 9.47 Å². The summed E-state index contributed by atoms with van der Waals surface area (Å²) in [7, 11) is 0. The zero-order chi connectivity index (χ0) is 16.9. The van der Waals surface area contributed by atoms with Gasteiger partial charge < -0.3 is 14.8 Å². The molecule has 0 aliphatic carbocycles. The van der Waals surface area contributed by atoms with Crippen LogP contribution < -0.4 is 10.1 Å². The van der Waals surface area contributed by atoms with Crippen LogP contribution in [-0.4, -0.2) is 24.6 Å². The maximum atomic E-state index is 12.3. The number of para-hydroxylation sites is 1. The Morgan fingerprint density at radius 1 is 1.17 bits per heavy atom. The Bertz CT molecular complexity index is 714. The van der Waals surface area contributed by atoms with Crippen molar-refractivity contribution >= 4 is 17.6 Å². The quantitative estimate of drug-likeness (QED) is 0.858. The minimum absolute atomic E-state index is 0.201. The Morgan fingerprint density at radius 3 is 2.62 bits per heavy atom. The average molecular weight is 325 g/mol. The van der Waals surface area contributed by atoms with Crippen molar-refractivity contribution in [2.24, 2.45) is 0 Å². The van der Waals surface area contributed by atoms with Gasteiger partial charge in [0.25, 0.3) is 5.91 Å². The molecule has 0 radical (unpaired) electrons. The van der Waals surface area contributed by atoms with Gasteiger partial charge in [-0.25, -0.2) is 4.79 Å². The molecule has 0 bridgehead atoms. The van der Waals surface area contributed by atoms with E-state index < -0.39 is 6.10 Å². The van der Waals surface area contributed by atoms with Gasteiger partial charge in [-0.05, 0) is 42.3 Å². The number of carbonyl (C=O) groups excluding carboxylic acids is 2. The summed E-state index contributed by atoms with van der Waals surface area (Å²) in [6, 6.07) is 14.3. The van der Waals surface area contributed by atoms with Crippen molar-refractivity contribution in [3.63, 3.8) is 0 Å². The van der Waals surface area contributed by atoms with Crippen LogP contribution in [0.3, 0.4) is 0 Å². The summed E-state index contributed by atoms with van der Waals surface area (Å²) in [6.45, 7) is 2.34. The van der Waals surface area contributed by atoms with Gasteiger partial charge in [0.15, 0.2) is 6.10 Å². The third kappa shape index (κ3) is 3.56. The second kappa shape index (κ2) is 7.17. The number of amides is 1. The van der Waals surface area contributed by atoms with Crippen LogP contribution in [0.4, 0.5) is 5.69 Å². The van der Waals surface area contributed by atoms with Crippen LogP contribution in [0.25, 0.3) is 0 Å². The molecule has 2 aromatic carbocycles. The van der Waals surface area contributed by atoms with Crippen LogP contribution in [0, 0.1) is 0 Å². The molecule has 0 aromatic heterocycles. The van der Waals surface area contributed by atoms with Gasteiger partial charge in [-0.1, -0.05) is 25.1 Å². The fourth-order valence-electron chi connectivity index (χ4n) is 2.52. The number of hydrogen-bond donors (Lipinski definition) is 1. The molecule has 3 rings (SSSR count). The van der Waals surface area contributed by atoms with Gasteiger partial charge in [0, 0.05) is 12.1 Å². The van der Waals surface area contributed by atoms with Crippen molar-refractivity contribution in [3.8, 4) is 5.75 Å². The lowest BCUT2D eigenvalue weighted by atomic mass is 10.1. The number of esters is 1. The molecule has 24 heavy (non-hydrogen) atoms. The monoisotopic (exact) mass is 325 g/mol. The number of anilines is 1. The summed E-state index contributed by atoms with van der Waals surface area (Å²) in [5.41, 5.74) is 2.12. The molecule has 0 fully saturated rings. The maximum Gasteiger partial charge on any atom is 0.338 e. The number of hydrogen-bond acceptors (Lipinski definition) is 4. The first-order valence-corrected chi connectivity index (χ1v) is 8.00. The van der Waals surface area contributed by atoms with Gasteiger partial charge in [0.05, 0.1) is 12.2 Å². The van der Waals surface area contributed by atoms with E-state index in [1.165, 1.54) is 0 Å². The second-order valence-electron chi connectivity index (χ2n) is 5.62. The van der Waals surface area contributed by atoms with Gasteiger partial charge in [-0.2, -0.15) is 0 Å². The Balaban J connectivity index is 1.58. The lowest BCUT2D eigenvalue weighted by molar-refractivity contribution is -0.122. The van der Waals surface area contributed by atoms with E-state index in [0.29, 0.717) is 24.3 Å². The fourth-order valence-corrected chi connectivity index (χ4v) is 2.52. The number of benzene rings is 2. The Kier molecular flexibility index (Phi) is 4.79. The summed E-state index contributed by atoms with van der Waals surface area (Å²) < 4.78 is 10.7. The van der Waals surface area contributed by atoms with E-state index in [-0.39, 0.29) is 11.9 Å². The highest BCUT2D eigenvalue weighted by atomic mass is 16.5. The third-order valence-corrected chi connectivity index (χ3v) is 3.76. The molecule has 1 N–H and O–H groups in total. The number of nitrogens with one attached hydrogen (secondary N) is 1. The molecule has 1 heterocycles. The van der Waals surface area contributed by atoms with Crippen molar-refractivity contribution in [1.82, 2.24) is 0 Å². The summed E-state index contributed by atoms with van der Waals surface area (Å²) in [5.74, 6) is 0.198. The normalized spacial score (nSPS) is 15.3. The van der Waals surface area contributed by atoms with Crippen LogP contribution in [0.5, 0.6) is 5.75 Å². The molecule has 5 heteroatoms. The Morgan fingerprint density at radius 2 is 1.92 bits per heavy atom. The van der Waals surface area contributed by atoms with Crippen LogP contribution in [-0.2, 0) is 16.0 Å². The second-order valence-corrected chi connectivity index (χ2v) is 5.62. The molecule has 1 amide bonds. The number of rotatable bonds is 5. The minimum atomic E-state index is -0.531. The molecule has 2 aromatic rings. The van der Waals surface area contributed by atoms with Crippen LogP contribution in [0.2, 0.25) is 0 Å². The van der Waals surface area contributed by atoms with Crippen LogP contribution >= 0.6 is 0 Å². The van der Waals surface area contributed by atoms with Crippen molar-refractivity contribution in [1.29, 1.82) is 0 Å². The molecule has 0 saturated carbocycles. The lowest BCUT2D eigenvalue weighted by Crippen LogP contribution is -2.31. The molecule has 124 valence electrons. The van der Waals surface area contributed by atoms with Crippen molar-refractivity contribution in [3.05, 3.63) is 59.7 Å². The largest absolute Gasteiger partial charge is 0.480 e. The van der Waals surface area contributed by atoms with Crippen molar-refractivity contribution in [2.75, 3.05) is 11.9 Å². The zero-order valence-corrected chi connectivity index (χ0v) is 13.5. The van der Waals surface area contributed by atoms with E-state index in [2.05, 4.69) is 5.32 Å². The lowest BCUT2D eigenvalue weighted by Gasteiger charge is -2.11. The molecular formula is C19H19NO4. The Hall–Kier alpha value is -2.82. The first-order valence-electron chi connectivity index (χ1n) is 8.00. The summed E-state index contributed by atoms with van der Waals surface area (Å²) >= 11 is 0. The highest BCUT2D eigenvalue weighted by Gasteiger charge is 2.28. The summed E-state index contributed by atoms with van der Waals surface area (Å²) in [5, 5.41) is 2.81. The summed E-state index contributed by atoms with van der Waals surface area (Å²) in [6.07, 6.45) is 0.809. The highest BCUT2D eigenvalue weighted by Crippen LogP contribution is 2.28. The molecule has 1 aliphatic rings. The molecular weight excluding hydrogens is 306 g/mol. The van der Waals surface area contributed by atoms with E-state index in [0.717, 1.165) is 17.7 Å². The van der Waals surface area contributed by atoms with E-state index >= 15 is 0 Å². The maximum absolute atomic E-state index is 12.3. The number of carbonyl (C=O) groups is 2. The Labute approximate surface area is 140 Å². The van der Waals surface area contributed by atoms with Gasteiger partial charge >= 0.3 is 5.97 Å². The molecule has 1 atom stereocenters. The standard InChI is InChI=1S/C19H19NO4/c1-2-11-23-19(22)13-7-9-15(10-8-13)20-18(21)17-12-14-5-3-4-6-16(14)24-17/h3-10,17H,2,11-12H2,1H3,(H,20,21). The first kappa shape index (κ1) is 16.1. The average Bonchev–Trinajstić information content (AvgIpc) is 3.04. The van der Waals surface area contributed by atoms with E-state index in [9.17, 15) is 9.59 Å². The van der Waals surface area contributed by atoms with E-state index in [1.807, 2.05) is 31.2 Å². The molecule has 0 spiro atoms. The molecule has 5 nitrogen and oxygen atoms in total. The smallest absolute Gasteiger partial charge is 0.338 e. The van der Waals surface area contributed by atoms with Gasteiger partial charge in [0.1, 0.15) is 5.75 Å².